The number of nitrogens with one attached hydrogen (secondary N) is 1. The smallest absolute Gasteiger partial charge is 0.387 e. The van der Waals surface area contributed by atoms with Gasteiger partial charge in [-0.05, 0) is 55.3 Å². The fourth-order valence-corrected chi connectivity index (χ4v) is 3.35. The zero-order chi connectivity index (χ0) is 20.1. The third kappa shape index (κ3) is 5.19. The molecule has 2 aromatic carbocycles. The van der Waals surface area contributed by atoms with Crippen LogP contribution in [-0.2, 0) is 4.79 Å². The van der Waals surface area contributed by atoms with Gasteiger partial charge in [-0.25, -0.2) is 0 Å². The van der Waals surface area contributed by atoms with Gasteiger partial charge in [0.05, 0.1) is 6.54 Å². The molecule has 1 aliphatic heterocycles. The summed E-state index contributed by atoms with van der Waals surface area (Å²) in [4.78, 5) is 16.8. The molecule has 7 heteroatoms. The van der Waals surface area contributed by atoms with Crippen LogP contribution < -0.4 is 15.0 Å². The van der Waals surface area contributed by atoms with Crippen molar-refractivity contribution in [2.75, 3.05) is 42.9 Å². The fraction of sp³-hybridized carbons (Fsp3) is 0.381. The summed E-state index contributed by atoms with van der Waals surface area (Å²) in [5.41, 5.74) is 4.40. The molecule has 0 atom stereocenters. The Labute approximate surface area is 163 Å². The summed E-state index contributed by atoms with van der Waals surface area (Å²) >= 11 is 0. The zero-order valence-electron chi connectivity index (χ0n) is 16.1. The van der Waals surface area contributed by atoms with Gasteiger partial charge >= 0.3 is 6.61 Å². The Morgan fingerprint density at radius 2 is 1.75 bits per heavy atom. The molecule has 1 N–H and O–H groups in total. The lowest BCUT2D eigenvalue weighted by Crippen LogP contribution is -2.48. The molecule has 28 heavy (non-hydrogen) atoms. The lowest BCUT2D eigenvalue weighted by molar-refractivity contribution is -0.117. The number of nitrogens with zero attached hydrogens (tertiary/aromatic N) is 2. The second kappa shape index (κ2) is 9.01. The van der Waals surface area contributed by atoms with Gasteiger partial charge in [-0.3, -0.25) is 9.69 Å². The van der Waals surface area contributed by atoms with Crippen LogP contribution in [0, 0.1) is 13.8 Å². The molecule has 1 heterocycles. The summed E-state index contributed by atoms with van der Waals surface area (Å²) in [5, 5.41) is 2.79. The summed E-state index contributed by atoms with van der Waals surface area (Å²) in [5.74, 6) is -0.0572. The van der Waals surface area contributed by atoms with Gasteiger partial charge in [0.2, 0.25) is 5.91 Å². The maximum absolute atomic E-state index is 12.3. The first-order chi connectivity index (χ1) is 13.4. The minimum Gasteiger partial charge on any atom is -0.435 e. The molecule has 0 spiro atoms. The van der Waals surface area contributed by atoms with Crippen molar-refractivity contribution >= 4 is 17.3 Å². The highest BCUT2D eigenvalue weighted by atomic mass is 19.3. The quantitative estimate of drug-likeness (QED) is 0.819. The largest absolute Gasteiger partial charge is 0.435 e. The number of aryl methyl sites for hydroxylation is 1. The molecule has 5 nitrogen and oxygen atoms in total. The van der Waals surface area contributed by atoms with Crippen LogP contribution in [0.2, 0.25) is 0 Å². The van der Waals surface area contributed by atoms with Gasteiger partial charge in [-0.15, -0.1) is 0 Å². The van der Waals surface area contributed by atoms with Crippen molar-refractivity contribution in [3.63, 3.8) is 0 Å². The number of hydrogen-bond acceptors (Lipinski definition) is 4. The lowest BCUT2D eigenvalue weighted by Gasteiger charge is -2.36. The van der Waals surface area contributed by atoms with Gasteiger partial charge < -0.3 is 15.0 Å². The van der Waals surface area contributed by atoms with Crippen LogP contribution >= 0.6 is 0 Å². The van der Waals surface area contributed by atoms with Crippen LogP contribution in [0.3, 0.4) is 0 Å². The van der Waals surface area contributed by atoms with E-state index in [1.807, 2.05) is 0 Å². The predicted octanol–water partition coefficient (Wildman–Crippen LogP) is 3.67. The highest BCUT2D eigenvalue weighted by Gasteiger charge is 2.20. The number of alkyl halides is 2. The SMILES string of the molecule is Cc1cccc(N2CCN(CC(=O)Nc3ccc(OC(F)F)cc3)CC2)c1C. The molecule has 0 radical (unpaired) electrons. The molecule has 1 fully saturated rings. The van der Waals surface area contributed by atoms with Crippen LogP contribution in [0.25, 0.3) is 0 Å². The first-order valence-corrected chi connectivity index (χ1v) is 9.30. The summed E-state index contributed by atoms with van der Waals surface area (Å²) in [6.07, 6.45) is 0. The summed E-state index contributed by atoms with van der Waals surface area (Å²) in [6.45, 7) is 5.06. The third-order valence-electron chi connectivity index (χ3n) is 5.02. The van der Waals surface area contributed by atoms with E-state index in [-0.39, 0.29) is 11.7 Å². The number of benzene rings is 2. The van der Waals surface area contributed by atoms with Crippen molar-refractivity contribution < 1.29 is 18.3 Å². The number of piperazine rings is 1. The number of halogens is 2. The normalized spacial score (nSPS) is 15.0. The van der Waals surface area contributed by atoms with E-state index < -0.39 is 6.61 Å². The van der Waals surface area contributed by atoms with Gasteiger partial charge in [0.25, 0.3) is 0 Å². The van der Waals surface area contributed by atoms with E-state index in [2.05, 4.69) is 51.9 Å². The molecule has 1 aliphatic rings. The van der Waals surface area contributed by atoms with Crippen molar-refractivity contribution in [2.45, 2.75) is 20.5 Å². The Balaban J connectivity index is 1.48. The number of hydrogen-bond donors (Lipinski definition) is 1. The molecule has 1 amide bonds. The van der Waals surface area contributed by atoms with E-state index in [4.69, 9.17) is 0 Å². The third-order valence-corrected chi connectivity index (χ3v) is 5.02. The van der Waals surface area contributed by atoms with Crippen molar-refractivity contribution in [2.24, 2.45) is 0 Å². The van der Waals surface area contributed by atoms with Crippen LogP contribution in [0.4, 0.5) is 20.2 Å². The second-order valence-corrected chi connectivity index (χ2v) is 6.93. The fourth-order valence-electron chi connectivity index (χ4n) is 3.35. The van der Waals surface area contributed by atoms with E-state index in [1.54, 1.807) is 12.1 Å². The summed E-state index contributed by atoms with van der Waals surface area (Å²) in [6, 6.07) is 12.3. The average molecular weight is 389 g/mol. The zero-order valence-corrected chi connectivity index (χ0v) is 16.1. The first kappa shape index (κ1) is 20.1. The second-order valence-electron chi connectivity index (χ2n) is 6.93. The molecular weight excluding hydrogens is 364 g/mol. The molecule has 3 rings (SSSR count). The molecule has 0 aromatic heterocycles. The average Bonchev–Trinajstić information content (AvgIpc) is 2.66. The summed E-state index contributed by atoms with van der Waals surface area (Å²) in [7, 11) is 0. The van der Waals surface area contributed by atoms with E-state index >= 15 is 0 Å². The molecule has 0 saturated carbocycles. The summed E-state index contributed by atoms with van der Waals surface area (Å²) < 4.78 is 28.6. The van der Waals surface area contributed by atoms with E-state index in [9.17, 15) is 13.6 Å². The molecule has 0 unspecified atom stereocenters. The Morgan fingerprint density at radius 1 is 1.07 bits per heavy atom. The Morgan fingerprint density at radius 3 is 2.39 bits per heavy atom. The van der Waals surface area contributed by atoms with E-state index in [1.165, 1.54) is 28.9 Å². The van der Waals surface area contributed by atoms with Crippen LogP contribution in [0.1, 0.15) is 11.1 Å². The van der Waals surface area contributed by atoms with Gasteiger partial charge in [0.1, 0.15) is 5.75 Å². The van der Waals surface area contributed by atoms with Crippen molar-refractivity contribution in [1.82, 2.24) is 4.90 Å². The van der Waals surface area contributed by atoms with E-state index in [0.717, 1.165) is 26.2 Å². The van der Waals surface area contributed by atoms with Gasteiger partial charge in [0.15, 0.2) is 0 Å². The monoisotopic (exact) mass is 389 g/mol. The number of anilines is 2. The number of ether oxygens (including phenoxy) is 1. The predicted molar refractivity (Wildman–Crippen MR) is 106 cm³/mol. The van der Waals surface area contributed by atoms with E-state index in [0.29, 0.717) is 12.2 Å². The molecule has 0 aliphatic carbocycles. The number of carbonyl (C=O) groups excluding carboxylic acids is 1. The Bertz CT molecular complexity index is 804. The van der Waals surface area contributed by atoms with Gasteiger partial charge in [-0.1, -0.05) is 12.1 Å². The molecule has 2 aromatic rings. The number of carbonyl (C=O) groups is 1. The number of rotatable bonds is 6. The minimum absolute atomic E-state index is 0.0653. The lowest BCUT2D eigenvalue weighted by atomic mass is 10.1. The maximum atomic E-state index is 12.3. The van der Waals surface area contributed by atoms with Crippen LogP contribution in [0.5, 0.6) is 5.75 Å². The van der Waals surface area contributed by atoms with Crippen molar-refractivity contribution in [3.8, 4) is 5.75 Å². The van der Waals surface area contributed by atoms with Crippen LogP contribution in [0.15, 0.2) is 42.5 Å². The van der Waals surface area contributed by atoms with Crippen molar-refractivity contribution in [1.29, 1.82) is 0 Å². The highest BCUT2D eigenvalue weighted by molar-refractivity contribution is 5.92. The van der Waals surface area contributed by atoms with Gasteiger partial charge in [-0.2, -0.15) is 8.78 Å². The Hall–Kier alpha value is -2.67. The van der Waals surface area contributed by atoms with Crippen molar-refractivity contribution in [3.05, 3.63) is 53.6 Å². The topological polar surface area (TPSA) is 44.8 Å². The van der Waals surface area contributed by atoms with Gasteiger partial charge in [0, 0.05) is 37.6 Å². The highest BCUT2D eigenvalue weighted by Crippen LogP contribution is 2.24. The molecule has 150 valence electrons. The molecule has 1 saturated heterocycles. The first-order valence-electron chi connectivity index (χ1n) is 9.30. The van der Waals surface area contributed by atoms with Crippen LogP contribution in [-0.4, -0.2) is 50.1 Å². The molecular formula is C21H25F2N3O2. The maximum Gasteiger partial charge on any atom is 0.387 e. The Kier molecular flexibility index (Phi) is 6.46. The standard InChI is InChI=1S/C21H25F2N3O2/c1-15-4-3-5-19(16(15)2)26-12-10-25(11-13-26)14-20(27)24-17-6-8-18(9-7-17)28-21(22)23/h3-9,21H,10-14H2,1-2H3,(H,24,27). The molecule has 0 bridgehead atoms. The minimum atomic E-state index is -2.86. The number of amides is 1.